The summed E-state index contributed by atoms with van der Waals surface area (Å²) in [5.74, 6) is 0.0695. The number of nitrogens with zero attached hydrogens (tertiary/aromatic N) is 1. The number of hydrogen-bond acceptors (Lipinski definition) is 4. The summed E-state index contributed by atoms with van der Waals surface area (Å²) in [5.41, 5.74) is 0.507. The quantitative estimate of drug-likeness (QED) is 0.747. The average Bonchev–Trinajstić information content (AvgIpc) is 2.14. The number of aliphatic hydroxyl groups is 2. The van der Waals surface area contributed by atoms with Gasteiger partial charge in [0.2, 0.25) is 0 Å². The molecule has 0 heterocycles. The molecule has 4 nitrogen and oxygen atoms in total. The molecule has 1 aromatic rings. The summed E-state index contributed by atoms with van der Waals surface area (Å²) < 4.78 is 0. The van der Waals surface area contributed by atoms with Gasteiger partial charge in [0.25, 0.3) is 0 Å². The molecular formula is C13H21NO3. The van der Waals surface area contributed by atoms with Crippen molar-refractivity contribution in [3.05, 3.63) is 23.8 Å². The lowest BCUT2D eigenvalue weighted by Crippen LogP contribution is -2.36. The first-order valence-electron chi connectivity index (χ1n) is 5.65. The second kappa shape index (κ2) is 4.94. The van der Waals surface area contributed by atoms with Crippen LogP contribution in [-0.2, 0) is 0 Å². The molecule has 17 heavy (non-hydrogen) atoms. The Hall–Kier alpha value is -1.26. The maximum atomic E-state index is 9.76. The van der Waals surface area contributed by atoms with Crippen LogP contribution in [0.1, 0.15) is 32.4 Å². The predicted octanol–water partition coefficient (Wildman–Crippen LogP) is 1.65. The minimum atomic E-state index is -0.798. The zero-order valence-electron chi connectivity index (χ0n) is 10.8. The Morgan fingerprint density at radius 3 is 2.35 bits per heavy atom. The molecule has 0 aliphatic carbocycles. The molecule has 4 heteroatoms. The Labute approximate surface area is 102 Å². The molecule has 1 rings (SSSR count). The van der Waals surface area contributed by atoms with Crippen molar-refractivity contribution in [1.29, 1.82) is 0 Å². The highest BCUT2D eigenvalue weighted by atomic mass is 16.3. The summed E-state index contributed by atoms with van der Waals surface area (Å²) in [5, 5.41) is 28.9. The van der Waals surface area contributed by atoms with E-state index < -0.39 is 11.7 Å². The van der Waals surface area contributed by atoms with Crippen LogP contribution in [0.2, 0.25) is 0 Å². The molecule has 1 unspecified atom stereocenters. The van der Waals surface area contributed by atoms with Crippen molar-refractivity contribution in [2.45, 2.75) is 32.5 Å². The zero-order valence-corrected chi connectivity index (χ0v) is 10.8. The third-order valence-corrected chi connectivity index (χ3v) is 2.53. The van der Waals surface area contributed by atoms with Gasteiger partial charge in [-0.3, -0.25) is 0 Å². The Morgan fingerprint density at radius 2 is 1.94 bits per heavy atom. The Balaban J connectivity index is 2.90. The van der Waals surface area contributed by atoms with E-state index in [1.807, 2.05) is 18.0 Å². The number of likely N-dealkylation sites (N-methyl/N-ethyl adjacent to an activating group) is 1. The molecule has 1 atom stereocenters. The Morgan fingerprint density at radius 1 is 1.35 bits per heavy atom. The van der Waals surface area contributed by atoms with Crippen LogP contribution >= 0.6 is 0 Å². The standard InChI is InChI=1S/C13H21NO3/c1-9(15)11-6-5-10(7-12(11)16)14(4)8-13(2,3)17/h5-7,9,15-17H,8H2,1-4H3. The molecule has 0 fully saturated rings. The van der Waals surface area contributed by atoms with Gasteiger partial charge in [0, 0.05) is 30.9 Å². The molecule has 96 valence electrons. The van der Waals surface area contributed by atoms with Gasteiger partial charge >= 0.3 is 0 Å². The molecule has 0 saturated carbocycles. The fourth-order valence-electron chi connectivity index (χ4n) is 1.79. The molecule has 0 amide bonds. The smallest absolute Gasteiger partial charge is 0.123 e. The summed E-state index contributed by atoms with van der Waals surface area (Å²) in [7, 11) is 1.84. The maximum Gasteiger partial charge on any atom is 0.123 e. The van der Waals surface area contributed by atoms with Crippen LogP contribution in [0, 0.1) is 0 Å². The highest BCUT2D eigenvalue weighted by Gasteiger charge is 2.17. The number of benzene rings is 1. The second-order valence-corrected chi connectivity index (χ2v) is 5.09. The summed E-state index contributed by atoms with van der Waals surface area (Å²) in [4.78, 5) is 1.85. The van der Waals surface area contributed by atoms with Crippen LogP contribution in [0.25, 0.3) is 0 Å². The highest BCUT2D eigenvalue weighted by molar-refractivity contribution is 5.53. The van der Waals surface area contributed by atoms with E-state index in [1.54, 1.807) is 32.9 Å². The van der Waals surface area contributed by atoms with Crippen molar-refractivity contribution in [2.24, 2.45) is 0 Å². The summed E-state index contributed by atoms with van der Waals surface area (Å²) in [6.07, 6.45) is -0.691. The van der Waals surface area contributed by atoms with Crippen molar-refractivity contribution < 1.29 is 15.3 Å². The van der Waals surface area contributed by atoms with Gasteiger partial charge in [-0.1, -0.05) is 6.07 Å². The fourth-order valence-corrected chi connectivity index (χ4v) is 1.79. The first-order valence-corrected chi connectivity index (χ1v) is 5.65. The molecule has 0 aliphatic heterocycles. The minimum Gasteiger partial charge on any atom is -0.507 e. The summed E-state index contributed by atoms with van der Waals surface area (Å²) >= 11 is 0. The largest absolute Gasteiger partial charge is 0.507 e. The van der Waals surface area contributed by atoms with Crippen LogP contribution in [0.5, 0.6) is 5.75 Å². The SMILES string of the molecule is CC(O)c1ccc(N(C)CC(C)(C)O)cc1O. The van der Waals surface area contributed by atoms with Crippen molar-refractivity contribution in [3.63, 3.8) is 0 Å². The number of anilines is 1. The topological polar surface area (TPSA) is 63.9 Å². The van der Waals surface area contributed by atoms with Crippen LogP contribution in [0.3, 0.4) is 0 Å². The third-order valence-electron chi connectivity index (χ3n) is 2.53. The highest BCUT2D eigenvalue weighted by Crippen LogP contribution is 2.28. The molecular weight excluding hydrogens is 218 g/mol. The van der Waals surface area contributed by atoms with Gasteiger partial charge in [-0.25, -0.2) is 0 Å². The van der Waals surface area contributed by atoms with E-state index in [4.69, 9.17) is 0 Å². The van der Waals surface area contributed by atoms with E-state index in [1.165, 1.54) is 0 Å². The minimum absolute atomic E-state index is 0.0695. The first kappa shape index (κ1) is 13.8. The average molecular weight is 239 g/mol. The lowest BCUT2D eigenvalue weighted by Gasteiger charge is -2.27. The van der Waals surface area contributed by atoms with Gasteiger partial charge in [-0.2, -0.15) is 0 Å². The molecule has 0 aliphatic rings. The van der Waals surface area contributed by atoms with Crippen LogP contribution < -0.4 is 4.90 Å². The predicted molar refractivity (Wildman–Crippen MR) is 68.3 cm³/mol. The van der Waals surface area contributed by atoms with Crippen LogP contribution in [0.4, 0.5) is 5.69 Å². The van der Waals surface area contributed by atoms with Crippen molar-refractivity contribution in [1.82, 2.24) is 0 Å². The lowest BCUT2D eigenvalue weighted by molar-refractivity contribution is 0.0886. The number of aliphatic hydroxyl groups excluding tert-OH is 1. The van der Waals surface area contributed by atoms with Crippen LogP contribution in [-0.4, -0.2) is 34.5 Å². The fraction of sp³-hybridized carbons (Fsp3) is 0.538. The molecule has 1 aromatic carbocycles. The maximum absolute atomic E-state index is 9.76. The molecule has 0 saturated heterocycles. The van der Waals surface area contributed by atoms with E-state index in [2.05, 4.69) is 0 Å². The van der Waals surface area contributed by atoms with Crippen LogP contribution in [0.15, 0.2) is 18.2 Å². The van der Waals surface area contributed by atoms with E-state index >= 15 is 0 Å². The molecule has 3 N–H and O–H groups in total. The van der Waals surface area contributed by atoms with Gasteiger partial charge in [-0.15, -0.1) is 0 Å². The lowest BCUT2D eigenvalue weighted by atomic mass is 10.1. The number of aromatic hydroxyl groups is 1. The van der Waals surface area contributed by atoms with Gasteiger partial charge in [0.05, 0.1) is 11.7 Å². The number of rotatable bonds is 4. The van der Waals surface area contributed by atoms with E-state index in [0.717, 1.165) is 5.69 Å². The zero-order chi connectivity index (χ0) is 13.2. The Kier molecular flexibility index (Phi) is 4.01. The van der Waals surface area contributed by atoms with Crippen molar-refractivity contribution in [2.75, 3.05) is 18.5 Å². The van der Waals surface area contributed by atoms with Gasteiger partial charge < -0.3 is 20.2 Å². The monoisotopic (exact) mass is 239 g/mol. The Bertz CT molecular complexity index is 383. The normalized spacial score (nSPS) is 13.5. The molecule has 0 aromatic heterocycles. The summed E-state index contributed by atoms with van der Waals surface area (Å²) in [6.45, 7) is 5.52. The van der Waals surface area contributed by atoms with Gasteiger partial charge in [0.15, 0.2) is 0 Å². The number of phenols is 1. The van der Waals surface area contributed by atoms with Crippen molar-refractivity contribution >= 4 is 5.69 Å². The van der Waals surface area contributed by atoms with E-state index in [9.17, 15) is 15.3 Å². The third kappa shape index (κ3) is 3.91. The van der Waals surface area contributed by atoms with Gasteiger partial charge in [-0.05, 0) is 26.8 Å². The number of phenolic OH excluding ortho intramolecular Hbond substituents is 1. The first-order chi connectivity index (χ1) is 7.70. The molecule has 0 bridgehead atoms. The molecule has 0 radical (unpaired) electrons. The molecule has 0 spiro atoms. The van der Waals surface area contributed by atoms with Crippen molar-refractivity contribution in [3.8, 4) is 5.75 Å². The van der Waals surface area contributed by atoms with Gasteiger partial charge in [0.1, 0.15) is 5.75 Å². The van der Waals surface area contributed by atoms with E-state index in [-0.39, 0.29) is 5.75 Å². The van der Waals surface area contributed by atoms with E-state index in [0.29, 0.717) is 12.1 Å². The number of hydrogen-bond donors (Lipinski definition) is 3. The second-order valence-electron chi connectivity index (χ2n) is 5.09. The summed E-state index contributed by atoms with van der Waals surface area (Å²) in [6, 6.07) is 5.09.